The Morgan fingerprint density at radius 1 is 1.35 bits per heavy atom. The van der Waals surface area contributed by atoms with Gasteiger partial charge in [0.1, 0.15) is 11.8 Å². The van der Waals surface area contributed by atoms with Gasteiger partial charge in [-0.15, -0.1) is 0 Å². The molecule has 4 nitrogen and oxygen atoms in total. The molecule has 0 saturated carbocycles. The molecule has 0 fully saturated rings. The Hall–Kier alpha value is -2.18. The number of aryl methyl sites for hydroxylation is 1. The van der Waals surface area contributed by atoms with Crippen molar-refractivity contribution in [3.8, 4) is 0 Å². The molecule has 1 heterocycles. The van der Waals surface area contributed by atoms with Gasteiger partial charge in [-0.2, -0.15) is 13.2 Å². The van der Waals surface area contributed by atoms with Gasteiger partial charge in [0.05, 0.1) is 23.1 Å². The van der Waals surface area contributed by atoms with Gasteiger partial charge in [-0.1, -0.05) is 0 Å². The van der Waals surface area contributed by atoms with Crippen molar-refractivity contribution in [2.24, 2.45) is 0 Å². The van der Waals surface area contributed by atoms with Crippen LogP contribution in [0.15, 0.2) is 28.8 Å². The molecule has 1 atom stereocenters. The third-order valence-corrected chi connectivity index (χ3v) is 2.76. The number of nitrogens with zero attached hydrogens (tertiary/aromatic N) is 1. The average Bonchev–Trinajstić information content (AvgIpc) is 2.77. The van der Waals surface area contributed by atoms with Crippen LogP contribution in [-0.4, -0.2) is 4.98 Å². The van der Waals surface area contributed by atoms with E-state index in [2.05, 4.69) is 10.3 Å². The summed E-state index contributed by atoms with van der Waals surface area (Å²) in [7, 11) is 0. The van der Waals surface area contributed by atoms with Crippen LogP contribution in [0.2, 0.25) is 0 Å². The summed E-state index contributed by atoms with van der Waals surface area (Å²) in [6.07, 6.45) is -2.83. The van der Waals surface area contributed by atoms with E-state index in [-0.39, 0.29) is 11.7 Å². The number of aromatic nitrogens is 1. The highest BCUT2D eigenvalue weighted by molar-refractivity contribution is 5.67. The molecule has 2 aromatic rings. The largest absolute Gasteiger partial charge is 0.444 e. The summed E-state index contributed by atoms with van der Waals surface area (Å²) in [5.74, 6) is 1.11. The minimum absolute atomic E-state index is 0.0231. The van der Waals surface area contributed by atoms with Crippen LogP contribution in [0.4, 0.5) is 24.5 Å². The molecule has 0 saturated heterocycles. The van der Waals surface area contributed by atoms with Crippen LogP contribution in [0, 0.1) is 6.92 Å². The molecule has 108 valence electrons. The summed E-state index contributed by atoms with van der Waals surface area (Å²) in [6, 6.07) is 2.87. The molecule has 0 spiro atoms. The first-order valence-corrected chi connectivity index (χ1v) is 5.93. The van der Waals surface area contributed by atoms with Gasteiger partial charge in [0.25, 0.3) is 0 Å². The molecular formula is C13H14F3N3O. The molecule has 7 heteroatoms. The third-order valence-electron chi connectivity index (χ3n) is 2.76. The fourth-order valence-electron chi connectivity index (χ4n) is 1.74. The highest BCUT2D eigenvalue weighted by Gasteiger charge is 2.30. The zero-order chi connectivity index (χ0) is 14.9. The summed E-state index contributed by atoms with van der Waals surface area (Å²) >= 11 is 0. The molecule has 0 radical (unpaired) electrons. The van der Waals surface area contributed by atoms with Crippen LogP contribution in [0.3, 0.4) is 0 Å². The predicted octanol–water partition coefficient (Wildman–Crippen LogP) is 3.76. The molecule has 1 aromatic carbocycles. The normalized spacial score (nSPS) is 13.2. The fraction of sp³-hybridized carbons (Fsp3) is 0.308. The van der Waals surface area contributed by atoms with Crippen molar-refractivity contribution in [3.63, 3.8) is 0 Å². The van der Waals surface area contributed by atoms with Gasteiger partial charge in [0, 0.05) is 0 Å². The zero-order valence-corrected chi connectivity index (χ0v) is 11.0. The number of rotatable bonds is 3. The molecule has 3 N–H and O–H groups in total. The first-order chi connectivity index (χ1) is 9.27. The maximum Gasteiger partial charge on any atom is 0.416 e. The second-order valence-electron chi connectivity index (χ2n) is 4.47. The van der Waals surface area contributed by atoms with Gasteiger partial charge < -0.3 is 15.5 Å². The SMILES string of the molecule is Cc1cnc(C(C)Nc2ccc(C(F)(F)F)cc2N)o1. The quantitative estimate of drug-likeness (QED) is 0.843. The standard InChI is InChI=1S/C13H14F3N3O/c1-7-6-18-12(20-7)8(2)19-11-4-3-9(5-10(11)17)13(14,15)16/h3-6,8,19H,17H2,1-2H3. The lowest BCUT2D eigenvalue weighted by Crippen LogP contribution is -2.11. The number of benzene rings is 1. The van der Waals surface area contributed by atoms with Crippen molar-refractivity contribution in [2.75, 3.05) is 11.1 Å². The van der Waals surface area contributed by atoms with E-state index in [0.717, 1.165) is 12.1 Å². The van der Waals surface area contributed by atoms with Crippen molar-refractivity contribution in [1.82, 2.24) is 4.98 Å². The Labute approximate surface area is 113 Å². The van der Waals surface area contributed by atoms with E-state index in [1.54, 1.807) is 20.0 Å². The molecule has 1 unspecified atom stereocenters. The Balaban J connectivity index is 2.18. The average molecular weight is 285 g/mol. The van der Waals surface area contributed by atoms with E-state index < -0.39 is 11.7 Å². The van der Waals surface area contributed by atoms with E-state index >= 15 is 0 Å². The first-order valence-electron chi connectivity index (χ1n) is 5.93. The molecule has 0 aliphatic rings. The number of anilines is 2. The summed E-state index contributed by atoms with van der Waals surface area (Å²) < 4.78 is 42.9. The number of hydrogen-bond donors (Lipinski definition) is 2. The zero-order valence-electron chi connectivity index (χ0n) is 11.0. The molecule has 20 heavy (non-hydrogen) atoms. The van der Waals surface area contributed by atoms with Crippen LogP contribution in [0.5, 0.6) is 0 Å². The Morgan fingerprint density at radius 2 is 2.05 bits per heavy atom. The molecule has 0 aliphatic heterocycles. The number of hydrogen-bond acceptors (Lipinski definition) is 4. The van der Waals surface area contributed by atoms with Crippen LogP contribution in [-0.2, 0) is 6.18 Å². The van der Waals surface area contributed by atoms with E-state index in [0.29, 0.717) is 17.3 Å². The second kappa shape index (κ2) is 5.07. The lowest BCUT2D eigenvalue weighted by Gasteiger charge is -2.15. The summed E-state index contributed by atoms with van der Waals surface area (Å²) in [5.41, 5.74) is 5.29. The number of alkyl halides is 3. The van der Waals surface area contributed by atoms with E-state index in [9.17, 15) is 13.2 Å². The maximum absolute atomic E-state index is 12.5. The minimum atomic E-state index is -4.40. The van der Waals surface area contributed by atoms with Gasteiger partial charge in [-0.05, 0) is 32.0 Å². The molecule has 0 amide bonds. The molecule has 2 rings (SSSR count). The van der Waals surface area contributed by atoms with Crippen LogP contribution >= 0.6 is 0 Å². The fourth-order valence-corrected chi connectivity index (χ4v) is 1.74. The number of nitrogens with one attached hydrogen (secondary N) is 1. The Bertz CT molecular complexity index is 607. The number of nitrogen functional groups attached to an aromatic ring is 1. The summed E-state index contributed by atoms with van der Waals surface area (Å²) in [4.78, 5) is 4.05. The van der Waals surface area contributed by atoms with Gasteiger partial charge in [-0.25, -0.2) is 4.98 Å². The summed E-state index contributed by atoms with van der Waals surface area (Å²) in [5, 5.41) is 2.97. The smallest absolute Gasteiger partial charge is 0.416 e. The molecule has 0 bridgehead atoms. The lowest BCUT2D eigenvalue weighted by atomic mass is 10.1. The van der Waals surface area contributed by atoms with Crippen LogP contribution in [0.1, 0.15) is 30.2 Å². The molecular weight excluding hydrogens is 271 g/mol. The van der Waals surface area contributed by atoms with E-state index in [4.69, 9.17) is 10.2 Å². The summed E-state index contributed by atoms with van der Waals surface area (Å²) in [6.45, 7) is 3.54. The highest BCUT2D eigenvalue weighted by Crippen LogP contribution is 2.33. The number of halogens is 3. The van der Waals surface area contributed by atoms with Crippen molar-refractivity contribution in [2.45, 2.75) is 26.1 Å². The van der Waals surface area contributed by atoms with Crippen molar-refractivity contribution in [1.29, 1.82) is 0 Å². The van der Waals surface area contributed by atoms with Gasteiger partial charge in [0.2, 0.25) is 5.89 Å². The van der Waals surface area contributed by atoms with Gasteiger partial charge >= 0.3 is 6.18 Å². The van der Waals surface area contributed by atoms with Crippen molar-refractivity contribution in [3.05, 3.63) is 41.6 Å². The Kier molecular flexibility index (Phi) is 3.61. The number of oxazole rings is 1. The lowest BCUT2D eigenvalue weighted by molar-refractivity contribution is -0.137. The molecule has 0 aliphatic carbocycles. The van der Waals surface area contributed by atoms with E-state index in [1.165, 1.54) is 6.07 Å². The second-order valence-corrected chi connectivity index (χ2v) is 4.47. The Morgan fingerprint density at radius 3 is 2.55 bits per heavy atom. The van der Waals surface area contributed by atoms with Crippen molar-refractivity contribution < 1.29 is 17.6 Å². The van der Waals surface area contributed by atoms with Crippen molar-refractivity contribution >= 4 is 11.4 Å². The maximum atomic E-state index is 12.5. The van der Waals surface area contributed by atoms with Gasteiger partial charge in [-0.3, -0.25) is 0 Å². The third kappa shape index (κ3) is 3.04. The van der Waals surface area contributed by atoms with Crippen LogP contribution in [0.25, 0.3) is 0 Å². The minimum Gasteiger partial charge on any atom is -0.444 e. The van der Waals surface area contributed by atoms with E-state index in [1.807, 2.05) is 0 Å². The molecule has 1 aromatic heterocycles. The van der Waals surface area contributed by atoms with Gasteiger partial charge in [0.15, 0.2) is 0 Å². The topological polar surface area (TPSA) is 64.1 Å². The van der Waals surface area contributed by atoms with Crippen LogP contribution < -0.4 is 11.1 Å². The first kappa shape index (κ1) is 14.2. The predicted molar refractivity (Wildman–Crippen MR) is 69.1 cm³/mol. The highest BCUT2D eigenvalue weighted by atomic mass is 19.4. The number of nitrogens with two attached hydrogens (primary N) is 1. The monoisotopic (exact) mass is 285 g/mol.